The molecular weight excluding hydrogens is 422 g/mol. The number of fused-ring (bicyclic) bond motifs is 2. The molecule has 2 aromatic rings. The van der Waals surface area contributed by atoms with E-state index in [4.69, 9.17) is 4.74 Å². The fraction of sp³-hybridized carbons (Fsp3) is 0.360. The van der Waals surface area contributed by atoms with E-state index in [2.05, 4.69) is 12.2 Å². The number of amides is 4. The Morgan fingerprint density at radius 1 is 0.970 bits per heavy atom. The third kappa shape index (κ3) is 4.46. The smallest absolute Gasteiger partial charge is 0.267 e. The first kappa shape index (κ1) is 22.5. The molecular formula is C25H27N3O5. The maximum Gasteiger partial charge on any atom is 0.267 e. The molecule has 1 unspecified atom stereocenters. The first-order valence-corrected chi connectivity index (χ1v) is 11.3. The second-order valence-corrected chi connectivity index (χ2v) is 8.25. The summed E-state index contributed by atoms with van der Waals surface area (Å²) in [4.78, 5) is 53.0. The second kappa shape index (κ2) is 9.44. The molecule has 172 valence electrons. The Kier molecular flexibility index (Phi) is 6.44. The van der Waals surface area contributed by atoms with Gasteiger partial charge in [-0.25, -0.2) is 0 Å². The molecule has 0 spiro atoms. The van der Waals surface area contributed by atoms with Crippen LogP contribution in [0.15, 0.2) is 42.5 Å². The van der Waals surface area contributed by atoms with E-state index in [-0.39, 0.29) is 36.6 Å². The first-order chi connectivity index (χ1) is 15.9. The monoisotopic (exact) mass is 449 g/mol. The topological polar surface area (TPSA) is 96.0 Å². The zero-order valence-electron chi connectivity index (χ0n) is 18.8. The van der Waals surface area contributed by atoms with Gasteiger partial charge < -0.3 is 15.0 Å². The molecule has 0 bridgehead atoms. The lowest BCUT2D eigenvalue weighted by molar-refractivity contribution is -0.125. The van der Waals surface area contributed by atoms with E-state index < -0.39 is 6.10 Å². The standard InChI is InChI=1S/C25H27N3O5/c1-3-4-7-13-27-20-15-17(10-11-21(20)33-16(2)23(27)30)26-22(29)12-14-28-24(31)18-8-5-6-9-19(18)25(28)32/h5-6,8-11,15-16H,3-4,7,12-14H2,1-2H3,(H,26,29). The molecule has 0 radical (unpaired) electrons. The normalized spacial score (nSPS) is 17.0. The van der Waals surface area contributed by atoms with Gasteiger partial charge >= 0.3 is 0 Å². The van der Waals surface area contributed by atoms with Gasteiger partial charge in [-0.1, -0.05) is 31.9 Å². The lowest BCUT2D eigenvalue weighted by Crippen LogP contribution is -2.44. The van der Waals surface area contributed by atoms with E-state index in [0.717, 1.165) is 24.2 Å². The van der Waals surface area contributed by atoms with Gasteiger partial charge in [0.05, 0.1) is 16.8 Å². The lowest BCUT2D eigenvalue weighted by atomic mass is 10.1. The van der Waals surface area contributed by atoms with Crippen LogP contribution >= 0.6 is 0 Å². The van der Waals surface area contributed by atoms with E-state index >= 15 is 0 Å². The minimum atomic E-state index is -0.556. The van der Waals surface area contributed by atoms with Crippen LogP contribution in [0.25, 0.3) is 0 Å². The first-order valence-electron chi connectivity index (χ1n) is 11.3. The Bertz CT molecular complexity index is 1080. The number of rotatable bonds is 8. The number of imide groups is 1. The van der Waals surface area contributed by atoms with E-state index in [1.54, 1.807) is 54.3 Å². The van der Waals surface area contributed by atoms with Crippen molar-refractivity contribution in [3.63, 3.8) is 0 Å². The van der Waals surface area contributed by atoms with Crippen LogP contribution in [0, 0.1) is 0 Å². The molecule has 2 aromatic carbocycles. The van der Waals surface area contributed by atoms with E-state index in [9.17, 15) is 19.2 Å². The van der Waals surface area contributed by atoms with Crippen LogP contribution in [0.5, 0.6) is 5.75 Å². The summed E-state index contributed by atoms with van der Waals surface area (Å²) in [6, 6.07) is 11.8. The molecule has 2 aliphatic rings. The number of nitrogens with zero attached hydrogens (tertiary/aromatic N) is 2. The van der Waals surface area contributed by atoms with Crippen molar-refractivity contribution in [2.75, 3.05) is 23.3 Å². The molecule has 0 saturated heterocycles. The lowest BCUT2D eigenvalue weighted by Gasteiger charge is -2.33. The molecule has 0 fully saturated rings. The van der Waals surface area contributed by atoms with E-state index in [1.807, 2.05) is 0 Å². The van der Waals surface area contributed by atoms with Gasteiger partial charge in [0.15, 0.2) is 6.10 Å². The van der Waals surface area contributed by atoms with Crippen LogP contribution < -0.4 is 15.0 Å². The number of anilines is 2. The molecule has 1 atom stereocenters. The number of carbonyl (C=O) groups is 4. The van der Waals surface area contributed by atoms with Gasteiger partial charge in [0.25, 0.3) is 17.7 Å². The van der Waals surface area contributed by atoms with Crippen LogP contribution in [0.3, 0.4) is 0 Å². The minimum Gasteiger partial charge on any atom is -0.479 e. The number of unbranched alkanes of at least 4 members (excludes halogenated alkanes) is 2. The van der Waals surface area contributed by atoms with Gasteiger partial charge in [-0.15, -0.1) is 0 Å². The molecule has 33 heavy (non-hydrogen) atoms. The van der Waals surface area contributed by atoms with Gasteiger partial charge in [0.1, 0.15) is 5.75 Å². The van der Waals surface area contributed by atoms with Crippen LogP contribution in [0.2, 0.25) is 0 Å². The summed E-state index contributed by atoms with van der Waals surface area (Å²) in [5, 5.41) is 2.80. The third-order valence-corrected chi connectivity index (χ3v) is 5.88. The number of hydrogen-bond acceptors (Lipinski definition) is 5. The van der Waals surface area contributed by atoms with Crippen molar-refractivity contribution < 1.29 is 23.9 Å². The second-order valence-electron chi connectivity index (χ2n) is 8.25. The Labute approximate surface area is 192 Å². The molecule has 1 N–H and O–H groups in total. The van der Waals surface area contributed by atoms with Gasteiger partial charge in [-0.05, 0) is 43.7 Å². The Morgan fingerprint density at radius 2 is 1.67 bits per heavy atom. The van der Waals surface area contributed by atoms with Crippen molar-refractivity contribution >= 4 is 35.0 Å². The number of hydrogen-bond donors (Lipinski definition) is 1. The average molecular weight is 450 g/mol. The molecule has 0 saturated carbocycles. The highest BCUT2D eigenvalue weighted by Crippen LogP contribution is 2.36. The number of nitrogens with one attached hydrogen (secondary N) is 1. The summed E-state index contributed by atoms with van der Waals surface area (Å²) in [5.74, 6) is -0.606. The van der Waals surface area contributed by atoms with Crippen molar-refractivity contribution in [2.24, 2.45) is 0 Å². The molecule has 2 heterocycles. The zero-order chi connectivity index (χ0) is 23.5. The van der Waals surface area contributed by atoms with Gasteiger partial charge in [-0.3, -0.25) is 24.1 Å². The summed E-state index contributed by atoms with van der Waals surface area (Å²) < 4.78 is 5.72. The number of carbonyl (C=O) groups excluding carboxylic acids is 4. The molecule has 4 amide bonds. The maximum atomic E-state index is 12.7. The molecule has 0 aromatic heterocycles. The molecule has 8 heteroatoms. The van der Waals surface area contributed by atoms with Gasteiger partial charge in [0, 0.05) is 25.2 Å². The minimum absolute atomic E-state index is 0.00856. The van der Waals surface area contributed by atoms with Crippen LogP contribution in [-0.4, -0.2) is 47.7 Å². The molecule has 2 aliphatic heterocycles. The molecule has 0 aliphatic carbocycles. The highest BCUT2D eigenvalue weighted by atomic mass is 16.5. The Balaban J connectivity index is 1.41. The van der Waals surface area contributed by atoms with E-state index in [1.165, 1.54) is 0 Å². The molecule has 8 nitrogen and oxygen atoms in total. The Hall–Kier alpha value is -3.68. The van der Waals surface area contributed by atoms with Crippen molar-refractivity contribution in [3.05, 3.63) is 53.6 Å². The predicted octanol–water partition coefficient (Wildman–Crippen LogP) is 3.62. The highest BCUT2D eigenvalue weighted by molar-refractivity contribution is 6.21. The largest absolute Gasteiger partial charge is 0.479 e. The highest BCUT2D eigenvalue weighted by Gasteiger charge is 2.35. The fourth-order valence-corrected chi connectivity index (χ4v) is 4.11. The summed E-state index contributed by atoms with van der Waals surface area (Å²) in [6.45, 7) is 4.41. The van der Waals surface area contributed by atoms with Crippen LogP contribution in [0.1, 0.15) is 60.2 Å². The predicted molar refractivity (Wildman–Crippen MR) is 123 cm³/mol. The number of ether oxygens (including phenoxy) is 1. The summed E-state index contributed by atoms with van der Waals surface area (Å²) in [5.41, 5.74) is 1.87. The maximum absolute atomic E-state index is 12.7. The Morgan fingerprint density at radius 3 is 2.33 bits per heavy atom. The average Bonchev–Trinajstić information content (AvgIpc) is 3.05. The fourth-order valence-electron chi connectivity index (χ4n) is 4.11. The van der Waals surface area contributed by atoms with Crippen molar-refractivity contribution in [3.8, 4) is 5.75 Å². The molecule has 4 rings (SSSR count). The summed E-state index contributed by atoms with van der Waals surface area (Å²) >= 11 is 0. The SMILES string of the molecule is CCCCCN1C(=O)C(C)Oc2ccc(NC(=O)CCN3C(=O)c4ccccc4C3=O)cc21. The van der Waals surface area contributed by atoms with Crippen LogP contribution in [0.4, 0.5) is 11.4 Å². The van der Waals surface area contributed by atoms with Crippen molar-refractivity contribution in [1.29, 1.82) is 0 Å². The summed E-state index contributed by atoms with van der Waals surface area (Å²) in [7, 11) is 0. The summed E-state index contributed by atoms with van der Waals surface area (Å²) in [6.07, 6.45) is 2.35. The quantitative estimate of drug-likeness (QED) is 0.491. The van der Waals surface area contributed by atoms with Crippen LogP contribution in [-0.2, 0) is 9.59 Å². The third-order valence-electron chi connectivity index (χ3n) is 5.88. The van der Waals surface area contributed by atoms with Gasteiger partial charge in [0.2, 0.25) is 5.91 Å². The zero-order valence-corrected chi connectivity index (χ0v) is 18.8. The van der Waals surface area contributed by atoms with Crippen molar-refractivity contribution in [1.82, 2.24) is 4.90 Å². The number of benzene rings is 2. The van der Waals surface area contributed by atoms with Gasteiger partial charge in [-0.2, -0.15) is 0 Å². The van der Waals surface area contributed by atoms with E-state index in [0.29, 0.717) is 34.8 Å². The van der Waals surface area contributed by atoms with Crippen molar-refractivity contribution in [2.45, 2.75) is 45.6 Å².